The number of benzene rings is 1. The van der Waals surface area contributed by atoms with Crippen LogP contribution in [0.5, 0.6) is 0 Å². The van der Waals surface area contributed by atoms with Crippen molar-refractivity contribution in [2.45, 2.75) is 39.7 Å². The molecule has 1 aliphatic rings. The van der Waals surface area contributed by atoms with Crippen LogP contribution in [-0.4, -0.2) is 17.5 Å². The minimum Gasteiger partial charge on any atom is -0.461 e. The normalized spacial score (nSPS) is 14.7. The predicted octanol–water partition coefficient (Wildman–Crippen LogP) is 3.87. The predicted molar refractivity (Wildman–Crippen MR) is 99.3 cm³/mol. The zero-order valence-corrected chi connectivity index (χ0v) is 15.8. The molecule has 1 atom stereocenters. The molecule has 140 valence electrons. The molecule has 7 heteroatoms. The summed E-state index contributed by atoms with van der Waals surface area (Å²) in [5.41, 5.74) is -0.0275. The number of hydrogen-bond acceptors (Lipinski definition) is 6. The van der Waals surface area contributed by atoms with Crippen molar-refractivity contribution in [3.63, 3.8) is 0 Å². The average molecular weight is 389 g/mol. The lowest BCUT2D eigenvalue weighted by atomic mass is 9.89. The minimum absolute atomic E-state index is 0.00190. The Hall–Kier alpha value is -2.73. The van der Waals surface area contributed by atoms with E-state index >= 15 is 0 Å². The Kier molecular flexibility index (Phi) is 5.02. The van der Waals surface area contributed by atoms with Crippen LogP contribution in [0.25, 0.3) is 11.0 Å². The monoisotopic (exact) mass is 388 g/mol. The molecule has 0 saturated carbocycles. The van der Waals surface area contributed by atoms with E-state index in [2.05, 4.69) is 0 Å². The van der Waals surface area contributed by atoms with E-state index in [0.29, 0.717) is 11.3 Å². The maximum absolute atomic E-state index is 12.8. The van der Waals surface area contributed by atoms with Gasteiger partial charge in [0, 0.05) is 36.1 Å². The lowest BCUT2D eigenvalue weighted by Crippen LogP contribution is -2.19. The van der Waals surface area contributed by atoms with Gasteiger partial charge in [0.1, 0.15) is 18.0 Å². The number of esters is 1. The molecule has 0 fully saturated rings. The zero-order chi connectivity index (χ0) is 19.9. The molecule has 2 aromatic rings. The highest BCUT2D eigenvalue weighted by Crippen LogP contribution is 2.33. The molecule has 0 amide bonds. The second-order valence-electron chi connectivity index (χ2n) is 6.45. The number of hydrogen-bond donors (Lipinski definition) is 0. The molecule has 1 aliphatic carbocycles. The van der Waals surface area contributed by atoms with Gasteiger partial charge in [0.05, 0.1) is 16.0 Å². The molecule has 0 radical (unpaired) electrons. The van der Waals surface area contributed by atoms with Gasteiger partial charge >= 0.3 is 5.97 Å². The SMILES string of the molecule is CCC(C)c1cc(=O)c2c(COC(C)=O)cc3c(c2o1)C(=O)C(Cl)=CC3=O. The van der Waals surface area contributed by atoms with Crippen LogP contribution in [0.15, 0.2) is 32.5 Å². The van der Waals surface area contributed by atoms with Crippen molar-refractivity contribution in [1.82, 2.24) is 0 Å². The van der Waals surface area contributed by atoms with Crippen LogP contribution in [0.4, 0.5) is 0 Å². The van der Waals surface area contributed by atoms with Crippen molar-refractivity contribution in [2.75, 3.05) is 0 Å². The van der Waals surface area contributed by atoms with Crippen molar-refractivity contribution in [3.8, 4) is 0 Å². The number of carbonyl (C=O) groups is 3. The van der Waals surface area contributed by atoms with E-state index in [9.17, 15) is 19.2 Å². The molecule has 0 saturated heterocycles. The number of allylic oxidation sites excluding steroid dienone is 2. The van der Waals surface area contributed by atoms with Crippen molar-refractivity contribution in [1.29, 1.82) is 0 Å². The maximum Gasteiger partial charge on any atom is 0.302 e. The second kappa shape index (κ2) is 7.12. The number of carbonyl (C=O) groups excluding carboxylic acids is 3. The average Bonchev–Trinajstić information content (AvgIpc) is 2.62. The van der Waals surface area contributed by atoms with Gasteiger partial charge in [-0.25, -0.2) is 0 Å². The maximum atomic E-state index is 12.8. The van der Waals surface area contributed by atoms with Gasteiger partial charge < -0.3 is 9.15 Å². The van der Waals surface area contributed by atoms with E-state index in [0.717, 1.165) is 12.5 Å². The molecule has 6 nitrogen and oxygen atoms in total. The van der Waals surface area contributed by atoms with Gasteiger partial charge in [-0.3, -0.25) is 19.2 Å². The smallest absolute Gasteiger partial charge is 0.302 e. The van der Waals surface area contributed by atoms with Crippen molar-refractivity contribution in [3.05, 3.63) is 55.9 Å². The first kappa shape index (κ1) is 19.0. The van der Waals surface area contributed by atoms with Gasteiger partial charge in [0.15, 0.2) is 11.2 Å². The summed E-state index contributed by atoms with van der Waals surface area (Å²) in [5, 5.41) is -0.132. The minimum atomic E-state index is -0.584. The fourth-order valence-corrected chi connectivity index (χ4v) is 3.16. The van der Waals surface area contributed by atoms with E-state index in [1.165, 1.54) is 19.1 Å². The van der Waals surface area contributed by atoms with Gasteiger partial charge in [-0.15, -0.1) is 0 Å². The van der Waals surface area contributed by atoms with E-state index in [1.807, 2.05) is 13.8 Å². The molecule has 1 unspecified atom stereocenters. The van der Waals surface area contributed by atoms with Gasteiger partial charge in [0.25, 0.3) is 0 Å². The van der Waals surface area contributed by atoms with E-state index in [-0.39, 0.29) is 45.1 Å². The summed E-state index contributed by atoms with van der Waals surface area (Å²) in [6.07, 6.45) is 1.75. The first-order valence-corrected chi connectivity index (χ1v) is 8.85. The Bertz CT molecular complexity index is 1080. The van der Waals surface area contributed by atoms with Crippen molar-refractivity contribution in [2.24, 2.45) is 0 Å². The lowest BCUT2D eigenvalue weighted by Gasteiger charge is -2.17. The lowest BCUT2D eigenvalue weighted by molar-refractivity contribution is -0.142. The van der Waals surface area contributed by atoms with Crippen LogP contribution in [0.1, 0.15) is 65.1 Å². The van der Waals surface area contributed by atoms with Crippen LogP contribution in [0.2, 0.25) is 0 Å². The van der Waals surface area contributed by atoms with Crippen LogP contribution >= 0.6 is 11.6 Å². The molecular weight excluding hydrogens is 372 g/mol. The molecule has 1 aromatic carbocycles. The highest BCUT2D eigenvalue weighted by atomic mass is 35.5. The largest absolute Gasteiger partial charge is 0.461 e. The third-order valence-electron chi connectivity index (χ3n) is 4.60. The van der Waals surface area contributed by atoms with E-state index < -0.39 is 17.5 Å². The summed E-state index contributed by atoms with van der Waals surface area (Å²) in [7, 11) is 0. The highest BCUT2D eigenvalue weighted by molar-refractivity contribution is 6.50. The van der Waals surface area contributed by atoms with Crippen molar-refractivity contribution < 1.29 is 23.5 Å². The van der Waals surface area contributed by atoms with E-state index in [4.69, 9.17) is 20.8 Å². The summed E-state index contributed by atoms with van der Waals surface area (Å²) < 4.78 is 10.9. The molecule has 1 heterocycles. The zero-order valence-electron chi connectivity index (χ0n) is 15.1. The fraction of sp³-hybridized carbons (Fsp3) is 0.300. The molecule has 0 spiro atoms. The Morgan fingerprint density at radius 3 is 2.59 bits per heavy atom. The van der Waals surface area contributed by atoms with Gasteiger partial charge in [-0.1, -0.05) is 25.4 Å². The van der Waals surface area contributed by atoms with Gasteiger partial charge in [-0.05, 0) is 12.5 Å². The molecule has 3 rings (SSSR count). The topological polar surface area (TPSA) is 90.7 Å². The second-order valence-corrected chi connectivity index (χ2v) is 6.86. The molecule has 27 heavy (non-hydrogen) atoms. The molecule has 1 aromatic heterocycles. The first-order chi connectivity index (χ1) is 12.7. The Morgan fingerprint density at radius 1 is 1.26 bits per heavy atom. The van der Waals surface area contributed by atoms with Gasteiger partial charge in [0.2, 0.25) is 5.78 Å². The third-order valence-corrected chi connectivity index (χ3v) is 4.88. The number of fused-ring (bicyclic) bond motifs is 3. The van der Waals surface area contributed by atoms with Crippen LogP contribution in [0.3, 0.4) is 0 Å². The summed E-state index contributed by atoms with van der Waals surface area (Å²) in [5.74, 6) is -1.24. The summed E-state index contributed by atoms with van der Waals surface area (Å²) in [6.45, 7) is 4.85. The van der Waals surface area contributed by atoms with Crippen LogP contribution in [-0.2, 0) is 16.1 Å². The van der Waals surface area contributed by atoms with E-state index in [1.54, 1.807) is 0 Å². The quantitative estimate of drug-likeness (QED) is 0.738. The molecule has 0 aliphatic heterocycles. The number of Topliss-reactive ketones (excluding diaryl/α,β-unsaturated/α-hetero) is 1. The summed E-state index contributed by atoms with van der Waals surface area (Å²) in [4.78, 5) is 49.0. The number of ether oxygens (including phenoxy) is 1. The Labute approximate surface area is 159 Å². The Morgan fingerprint density at radius 2 is 1.96 bits per heavy atom. The standard InChI is InChI=1S/C20H17ClO6/c1-4-9(2)16-7-15(24)17-11(8-26-10(3)22)5-12-14(23)6-13(21)19(25)18(12)20(17)27-16/h5-7,9H,4,8H2,1-3H3. The first-order valence-electron chi connectivity index (χ1n) is 8.47. The summed E-state index contributed by atoms with van der Waals surface area (Å²) >= 11 is 5.90. The molecular formula is C20H17ClO6. The van der Waals surface area contributed by atoms with Crippen LogP contribution in [0, 0.1) is 0 Å². The molecule has 0 bridgehead atoms. The highest BCUT2D eigenvalue weighted by Gasteiger charge is 2.31. The number of ketones is 2. The Balaban J connectivity index is 2.40. The van der Waals surface area contributed by atoms with Crippen LogP contribution < -0.4 is 5.43 Å². The van der Waals surface area contributed by atoms with Gasteiger partial charge in [-0.2, -0.15) is 0 Å². The molecule has 0 N–H and O–H groups in total. The summed E-state index contributed by atoms with van der Waals surface area (Å²) in [6, 6.07) is 2.76. The number of halogens is 1. The fourth-order valence-electron chi connectivity index (χ4n) is 2.97. The van der Waals surface area contributed by atoms with Crippen molar-refractivity contribution >= 4 is 40.1 Å². The third kappa shape index (κ3) is 3.32. The number of rotatable bonds is 4.